The molecule has 0 bridgehead atoms. The van der Waals surface area contributed by atoms with Gasteiger partial charge in [0, 0.05) is 5.02 Å². The van der Waals surface area contributed by atoms with Crippen molar-refractivity contribution < 1.29 is 9.53 Å². The van der Waals surface area contributed by atoms with Gasteiger partial charge in [-0.25, -0.2) is 9.78 Å². The van der Waals surface area contributed by atoms with Gasteiger partial charge in [0.1, 0.15) is 10.7 Å². The lowest BCUT2D eigenvalue weighted by molar-refractivity contribution is 0.187. The van der Waals surface area contributed by atoms with Gasteiger partial charge in [0.25, 0.3) is 0 Å². The maximum Gasteiger partial charge on any atom is 0.412 e. The summed E-state index contributed by atoms with van der Waals surface area (Å²) in [6, 6.07) is 11.2. The molecule has 25 heavy (non-hydrogen) atoms. The van der Waals surface area contributed by atoms with Crippen molar-refractivity contribution in [2.45, 2.75) is 0 Å². The topological polar surface area (TPSA) is 75.6 Å². The zero-order valence-corrected chi connectivity index (χ0v) is 15.4. The van der Waals surface area contributed by atoms with Crippen molar-refractivity contribution in [2.75, 3.05) is 17.9 Å². The number of anilines is 2. The van der Waals surface area contributed by atoms with Gasteiger partial charge in [-0.3, -0.25) is 10.7 Å². The summed E-state index contributed by atoms with van der Waals surface area (Å²) >= 11 is 8.75. The molecule has 0 fully saturated rings. The van der Waals surface area contributed by atoms with Crippen LogP contribution in [-0.4, -0.2) is 24.4 Å². The quantitative estimate of drug-likeness (QED) is 0.465. The highest BCUT2D eigenvalue weighted by atomic mass is 35.5. The Morgan fingerprint density at radius 1 is 1.36 bits per heavy atom. The largest absolute Gasteiger partial charge is 0.453 e. The molecular formula is C16H13ClN4O2S2. The first-order valence-corrected chi connectivity index (χ1v) is 9.17. The minimum absolute atomic E-state index is 0.546. The first-order valence-electron chi connectivity index (χ1n) is 7.10. The van der Waals surface area contributed by atoms with Gasteiger partial charge in [0.05, 0.1) is 18.2 Å². The third kappa shape index (κ3) is 4.56. The molecule has 1 aromatic carbocycles. The van der Waals surface area contributed by atoms with E-state index in [0.717, 1.165) is 10.4 Å². The normalized spacial score (nSPS) is 10.8. The minimum Gasteiger partial charge on any atom is -0.453 e. The average molecular weight is 393 g/mol. The zero-order valence-electron chi connectivity index (χ0n) is 13.0. The lowest BCUT2D eigenvalue weighted by atomic mass is 10.2. The molecule has 2 N–H and O–H groups in total. The van der Waals surface area contributed by atoms with E-state index in [4.69, 9.17) is 11.6 Å². The van der Waals surface area contributed by atoms with Gasteiger partial charge < -0.3 is 4.74 Å². The van der Waals surface area contributed by atoms with E-state index in [9.17, 15) is 4.79 Å². The van der Waals surface area contributed by atoms with Crippen molar-refractivity contribution in [3.8, 4) is 10.6 Å². The van der Waals surface area contributed by atoms with Crippen molar-refractivity contribution in [1.82, 2.24) is 4.98 Å². The van der Waals surface area contributed by atoms with Gasteiger partial charge in [-0.15, -0.1) is 11.3 Å². The number of methoxy groups -OCH3 is 1. The third-order valence-corrected chi connectivity index (χ3v) is 4.99. The van der Waals surface area contributed by atoms with E-state index in [0.29, 0.717) is 20.8 Å². The van der Waals surface area contributed by atoms with Crippen LogP contribution in [0.25, 0.3) is 10.6 Å². The molecule has 6 nitrogen and oxygen atoms in total. The molecule has 9 heteroatoms. The van der Waals surface area contributed by atoms with E-state index < -0.39 is 6.09 Å². The molecule has 2 aromatic heterocycles. The fourth-order valence-corrected chi connectivity index (χ4v) is 3.72. The summed E-state index contributed by atoms with van der Waals surface area (Å²) < 4.78 is 4.66. The van der Waals surface area contributed by atoms with E-state index in [1.165, 1.54) is 29.8 Å². The van der Waals surface area contributed by atoms with Gasteiger partial charge in [-0.05, 0) is 29.1 Å². The number of nitrogens with one attached hydrogen (secondary N) is 2. The number of thiazole rings is 1. The number of thiophene rings is 1. The average Bonchev–Trinajstić information content (AvgIpc) is 3.24. The van der Waals surface area contributed by atoms with Crippen molar-refractivity contribution >= 4 is 56.7 Å². The van der Waals surface area contributed by atoms with Gasteiger partial charge in [0.15, 0.2) is 0 Å². The lowest BCUT2D eigenvalue weighted by Gasteiger charge is -2.01. The second-order valence-electron chi connectivity index (χ2n) is 4.72. The van der Waals surface area contributed by atoms with Crippen LogP contribution in [0.5, 0.6) is 0 Å². The highest BCUT2D eigenvalue weighted by Gasteiger charge is 2.16. The molecular weight excluding hydrogens is 380 g/mol. The second-order valence-corrected chi connectivity index (χ2v) is 7.10. The lowest BCUT2D eigenvalue weighted by Crippen LogP contribution is -2.10. The summed E-state index contributed by atoms with van der Waals surface area (Å²) in [5.41, 5.74) is 4.41. The van der Waals surface area contributed by atoms with E-state index in [1.807, 2.05) is 29.6 Å². The van der Waals surface area contributed by atoms with Crippen molar-refractivity contribution in [2.24, 2.45) is 5.10 Å². The Kier molecular flexibility index (Phi) is 5.64. The molecule has 0 spiro atoms. The second kappa shape index (κ2) is 8.11. The van der Waals surface area contributed by atoms with Crippen LogP contribution in [0, 0.1) is 0 Å². The van der Waals surface area contributed by atoms with Gasteiger partial charge in [0.2, 0.25) is 5.13 Å². The Hall–Kier alpha value is -2.42. The summed E-state index contributed by atoms with van der Waals surface area (Å²) in [4.78, 5) is 17.0. The number of hydrazone groups is 1. The molecule has 0 aliphatic carbocycles. The van der Waals surface area contributed by atoms with Gasteiger partial charge in [-0.1, -0.05) is 41.1 Å². The SMILES string of the molecule is COC(=O)Nc1sc(N/N=C\c2cccc(Cl)c2)nc1-c1cccs1. The number of ether oxygens (including phenoxy) is 1. The number of rotatable bonds is 5. The van der Waals surface area contributed by atoms with Crippen molar-refractivity contribution in [1.29, 1.82) is 0 Å². The maximum atomic E-state index is 11.5. The summed E-state index contributed by atoms with van der Waals surface area (Å²) in [6.07, 6.45) is 1.10. The van der Waals surface area contributed by atoms with E-state index in [-0.39, 0.29) is 0 Å². The van der Waals surface area contributed by atoms with Crippen LogP contribution >= 0.6 is 34.3 Å². The number of halogens is 1. The molecule has 128 valence electrons. The molecule has 0 saturated heterocycles. The molecule has 0 saturated carbocycles. The first kappa shape index (κ1) is 17.4. The molecule has 3 aromatic rings. The smallest absolute Gasteiger partial charge is 0.412 e. The first-order chi connectivity index (χ1) is 12.2. The Bertz CT molecular complexity index is 893. The van der Waals surface area contributed by atoms with Gasteiger partial charge in [-0.2, -0.15) is 5.10 Å². The number of carbonyl (C=O) groups excluding carboxylic acids is 1. The van der Waals surface area contributed by atoms with E-state index in [1.54, 1.807) is 18.3 Å². The third-order valence-electron chi connectivity index (χ3n) is 3.01. The fraction of sp³-hybridized carbons (Fsp3) is 0.0625. The van der Waals surface area contributed by atoms with Crippen LogP contribution in [0.1, 0.15) is 5.56 Å². The highest BCUT2D eigenvalue weighted by Crippen LogP contribution is 2.38. The van der Waals surface area contributed by atoms with Crippen LogP contribution in [-0.2, 0) is 4.74 Å². The monoisotopic (exact) mass is 392 g/mol. The molecule has 0 aliphatic heterocycles. The summed E-state index contributed by atoms with van der Waals surface area (Å²) in [5, 5.41) is 10.6. The number of carbonyl (C=O) groups is 1. The summed E-state index contributed by atoms with van der Waals surface area (Å²) in [6.45, 7) is 0. The standard InChI is InChI=1S/C16H13ClN4O2S2/c1-23-16(22)20-14-13(12-6-3-7-24-12)19-15(25-14)21-18-9-10-4-2-5-11(17)8-10/h2-9H,1H3,(H,19,21)(H,20,22)/b18-9-. The Labute approximate surface area is 157 Å². The highest BCUT2D eigenvalue weighted by molar-refractivity contribution is 7.21. The van der Waals surface area contributed by atoms with Crippen LogP contribution in [0.3, 0.4) is 0 Å². The zero-order chi connectivity index (χ0) is 17.6. The molecule has 3 rings (SSSR count). The molecule has 0 aliphatic rings. The predicted octanol–water partition coefficient (Wildman–Crippen LogP) is 5.15. The number of amides is 1. The van der Waals surface area contributed by atoms with Crippen molar-refractivity contribution in [3.05, 3.63) is 52.4 Å². The predicted molar refractivity (Wildman–Crippen MR) is 104 cm³/mol. The minimum atomic E-state index is -0.546. The van der Waals surface area contributed by atoms with Crippen LogP contribution in [0.2, 0.25) is 5.02 Å². The Morgan fingerprint density at radius 3 is 2.96 bits per heavy atom. The number of benzene rings is 1. The maximum absolute atomic E-state index is 11.5. The summed E-state index contributed by atoms with van der Waals surface area (Å²) in [5.74, 6) is 0. The Balaban J connectivity index is 1.79. The summed E-state index contributed by atoms with van der Waals surface area (Å²) in [7, 11) is 1.32. The van der Waals surface area contributed by atoms with Crippen LogP contribution in [0.15, 0.2) is 46.9 Å². The number of aromatic nitrogens is 1. The molecule has 0 radical (unpaired) electrons. The Morgan fingerprint density at radius 2 is 2.24 bits per heavy atom. The molecule has 2 heterocycles. The van der Waals surface area contributed by atoms with Crippen LogP contribution in [0.4, 0.5) is 14.9 Å². The number of hydrogen-bond donors (Lipinski definition) is 2. The van der Waals surface area contributed by atoms with Crippen LogP contribution < -0.4 is 10.7 Å². The van der Waals surface area contributed by atoms with E-state index >= 15 is 0 Å². The van der Waals surface area contributed by atoms with Crippen molar-refractivity contribution in [3.63, 3.8) is 0 Å². The van der Waals surface area contributed by atoms with E-state index in [2.05, 4.69) is 25.6 Å². The number of nitrogens with zero attached hydrogens (tertiary/aromatic N) is 2. The fourth-order valence-electron chi connectivity index (χ4n) is 1.93. The van der Waals surface area contributed by atoms with Gasteiger partial charge >= 0.3 is 6.09 Å². The number of hydrogen-bond acceptors (Lipinski definition) is 7. The molecule has 0 unspecified atom stereocenters. The molecule has 0 atom stereocenters. The molecule has 1 amide bonds.